The molecule has 5 heteroatoms. The van der Waals surface area contributed by atoms with Gasteiger partial charge in [0.2, 0.25) is 0 Å². The maximum atomic E-state index is 12.2. The van der Waals surface area contributed by atoms with Gasteiger partial charge in [0.1, 0.15) is 5.69 Å². The summed E-state index contributed by atoms with van der Waals surface area (Å²) >= 11 is 3.42. The van der Waals surface area contributed by atoms with Crippen LogP contribution >= 0.6 is 23.5 Å². The Balaban J connectivity index is 3.10. The van der Waals surface area contributed by atoms with E-state index in [0.29, 0.717) is 5.69 Å². The molecule has 0 N–H and O–H groups in total. The van der Waals surface area contributed by atoms with Gasteiger partial charge in [-0.2, -0.15) is 23.5 Å². The molecule has 0 aliphatic carbocycles. The fourth-order valence-corrected chi connectivity index (χ4v) is 2.47. The molecule has 1 aromatic heterocycles. The van der Waals surface area contributed by atoms with Crippen molar-refractivity contribution in [3.63, 3.8) is 0 Å². The first-order chi connectivity index (χ1) is 8.40. The molecule has 0 fully saturated rings. The van der Waals surface area contributed by atoms with Crippen LogP contribution in [0.15, 0.2) is 6.20 Å². The number of thioether (sulfide) groups is 2. The van der Waals surface area contributed by atoms with E-state index in [1.165, 1.54) is 0 Å². The van der Waals surface area contributed by atoms with E-state index in [4.69, 9.17) is 0 Å². The third-order valence-electron chi connectivity index (χ3n) is 2.41. The molecule has 0 aromatic carbocycles. The molecule has 0 amide bonds. The standard InChI is InChI=1S/C13H20N2OS2/c1-13(2,3)12(16)9-6-14-10(7-17-4)11(15-9)8-18-5/h6H,7-8H2,1-5H3. The number of carbonyl (C=O) groups is 1. The molecule has 0 radical (unpaired) electrons. The van der Waals surface area contributed by atoms with E-state index in [1.807, 2.05) is 33.3 Å². The van der Waals surface area contributed by atoms with Crippen LogP contribution in [0.3, 0.4) is 0 Å². The summed E-state index contributed by atoms with van der Waals surface area (Å²) in [6.45, 7) is 5.71. The quantitative estimate of drug-likeness (QED) is 0.775. The van der Waals surface area contributed by atoms with Crippen LogP contribution in [0.5, 0.6) is 0 Å². The number of hydrogen-bond donors (Lipinski definition) is 0. The number of carbonyl (C=O) groups excluding carboxylic acids is 1. The molecular weight excluding hydrogens is 264 g/mol. The lowest BCUT2D eigenvalue weighted by atomic mass is 9.89. The summed E-state index contributed by atoms with van der Waals surface area (Å²) in [5, 5.41) is 0. The maximum Gasteiger partial charge on any atom is 0.188 e. The molecule has 18 heavy (non-hydrogen) atoms. The van der Waals surface area contributed by atoms with Crippen molar-refractivity contribution in [2.75, 3.05) is 12.5 Å². The summed E-state index contributed by atoms with van der Waals surface area (Å²) in [6, 6.07) is 0. The van der Waals surface area contributed by atoms with E-state index in [-0.39, 0.29) is 5.78 Å². The highest BCUT2D eigenvalue weighted by atomic mass is 32.2. The lowest BCUT2D eigenvalue weighted by Gasteiger charge is -2.16. The highest BCUT2D eigenvalue weighted by molar-refractivity contribution is 7.98. The number of ketones is 1. The molecule has 0 bridgehead atoms. The second-order valence-electron chi connectivity index (χ2n) is 5.09. The first-order valence-corrected chi connectivity index (χ1v) is 8.56. The lowest BCUT2D eigenvalue weighted by Crippen LogP contribution is -2.22. The van der Waals surface area contributed by atoms with Gasteiger partial charge in [-0.1, -0.05) is 20.8 Å². The van der Waals surface area contributed by atoms with Crippen molar-refractivity contribution in [1.82, 2.24) is 9.97 Å². The highest BCUT2D eigenvalue weighted by Crippen LogP contribution is 2.21. The molecule has 0 unspecified atom stereocenters. The minimum absolute atomic E-state index is 0.0491. The smallest absolute Gasteiger partial charge is 0.188 e. The first kappa shape index (κ1) is 15.5. The minimum Gasteiger partial charge on any atom is -0.292 e. The number of nitrogens with zero attached hydrogens (tertiary/aromatic N) is 2. The molecule has 0 spiro atoms. The first-order valence-electron chi connectivity index (χ1n) is 5.77. The second kappa shape index (κ2) is 6.57. The van der Waals surface area contributed by atoms with Gasteiger partial charge in [-0.15, -0.1) is 0 Å². The number of aromatic nitrogens is 2. The molecule has 1 aromatic rings. The third kappa shape index (κ3) is 3.99. The summed E-state index contributed by atoms with van der Waals surface area (Å²) in [5.74, 6) is 1.69. The van der Waals surface area contributed by atoms with Gasteiger partial charge in [-0.05, 0) is 12.5 Å². The molecule has 0 saturated carbocycles. The second-order valence-corrected chi connectivity index (χ2v) is 6.83. The normalized spacial score (nSPS) is 11.6. The Hall–Kier alpha value is -0.550. The van der Waals surface area contributed by atoms with Gasteiger partial charge in [0.15, 0.2) is 5.78 Å². The average Bonchev–Trinajstić information content (AvgIpc) is 2.30. The molecule has 0 saturated heterocycles. The van der Waals surface area contributed by atoms with Crippen molar-refractivity contribution < 1.29 is 4.79 Å². The van der Waals surface area contributed by atoms with E-state index in [9.17, 15) is 4.79 Å². The number of hydrogen-bond acceptors (Lipinski definition) is 5. The van der Waals surface area contributed by atoms with Crippen LogP contribution < -0.4 is 0 Å². The summed E-state index contributed by atoms with van der Waals surface area (Å²) in [6.07, 6.45) is 5.69. The van der Waals surface area contributed by atoms with Gasteiger partial charge in [0, 0.05) is 16.9 Å². The largest absolute Gasteiger partial charge is 0.292 e. The van der Waals surface area contributed by atoms with Gasteiger partial charge in [-0.3, -0.25) is 9.78 Å². The zero-order chi connectivity index (χ0) is 13.8. The van der Waals surface area contributed by atoms with Crippen molar-refractivity contribution in [2.45, 2.75) is 32.3 Å². The molecule has 1 heterocycles. The summed E-state index contributed by atoms with van der Waals surface area (Å²) < 4.78 is 0. The van der Waals surface area contributed by atoms with E-state index in [1.54, 1.807) is 29.7 Å². The van der Waals surface area contributed by atoms with Gasteiger partial charge in [0.25, 0.3) is 0 Å². The lowest BCUT2D eigenvalue weighted by molar-refractivity contribution is 0.0852. The van der Waals surface area contributed by atoms with Crippen LogP contribution in [0.4, 0.5) is 0 Å². The Morgan fingerprint density at radius 2 is 1.72 bits per heavy atom. The van der Waals surface area contributed by atoms with Gasteiger partial charge in [0.05, 0.1) is 17.6 Å². The molecule has 0 aliphatic rings. The van der Waals surface area contributed by atoms with Crippen LogP contribution in [-0.4, -0.2) is 28.3 Å². The minimum atomic E-state index is -0.410. The SMILES string of the molecule is CSCc1ncc(C(=O)C(C)(C)C)nc1CSC. The Bertz CT molecular complexity index is 427. The Morgan fingerprint density at radius 3 is 2.22 bits per heavy atom. The molecular formula is C13H20N2OS2. The van der Waals surface area contributed by atoms with E-state index in [2.05, 4.69) is 9.97 Å². The topological polar surface area (TPSA) is 42.9 Å². The van der Waals surface area contributed by atoms with Crippen LogP contribution in [0, 0.1) is 5.41 Å². The predicted octanol–water partition coefficient (Wildman–Crippen LogP) is 3.43. The zero-order valence-electron chi connectivity index (χ0n) is 11.6. The van der Waals surface area contributed by atoms with Crippen molar-refractivity contribution in [3.8, 4) is 0 Å². The average molecular weight is 284 g/mol. The van der Waals surface area contributed by atoms with Crippen molar-refractivity contribution in [2.24, 2.45) is 5.41 Å². The summed E-state index contributed by atoms with van der Waals surface area (Å²) in [7, 11) is 0. The van der Waals surface area contributed by atoms with E-state index in [0.717, 1.165) is 22.9 Å². The Kier molecular flexibility index (Phi) is 5.66. The van der Waals surface area contributed by atoms with E-state index < -0.39 is 5.41 Å². The Morgan fingerprint density at radius 1 is 1.17 bits per heavy atom. The van der Waals surface area contributed by atoms with Crippen molar-refractivity contribution >= 4 is 29.3 Å². The van der Waals surface area contributed by atoms with Gasteiger partial charge < -0.3 is 0 Å². The van der Waals surface area contributed by atoms with Gasteiger partial charge >= 0.3 is 0 Å². The van der Waals surface area contributed by atoms with Gasteiger partial charge in [-0.25, -0.2) is 4.98 Å². The molecule has 3 nitrogen and oxygen atoms in total. The number of rotatable bonds is 5. The summed E-state index contributed by atoms with van der Waals surface area (Å²) in [4.78, 5) is 21.1. The maximum absolute atomic E-state index is 12.2. The number of Topliss-reactive ketones (excluding diaryl/α,β-unsaturated/α-hetero) is 1. The fourth-order valence-electron chi connectivity index (χ4n) is 1.46. The predicted molar refractivity (Wildman–Crippen MR) is 80.3 cm³/mol. The third-order valence-corrected chi connectivity index (χ3v) is 3.53. The highest BCUT2D eigenvalue weighted by Gasteiger charge is 2.25. The zero-order valence-corrected chi connectivity index (χ0v) is 13.2. The van der Waals surface area contributed by atoms with Crippen LogP contribution in [-0.2, 0) is 11.5 Å². The van der Waals surface area contributed by atoms with E-state index >= 15 is 0 Å². The molecule has 0 atom stereocenters. The van der Waals surface area contributed by atoms with Crippen LogP contribution in [0.1, 0.15) is 42.6 Å². The molecule has 1 rings (SSSR count). The monoisotopic (exact) mass is 284 g/mol. The van der Waals surface area contributed by atoms with Crippen LogP contribution in [0.25, 0.3) is 0 Å². The van der Waals surface area contributed by atoms with Crippen molar-refractivity contribution in [1.29, 1.82) is 0 Å². The van der Waals surface area contributed by atoms with Crippen molar-refractivity contribution in [3.05, 3.63) is 23.3 Å². The Labute approximate surface area is 118 Å². The summed E-state index contributed by atoms with van der Waals surface area (Å²) in [5.41, 5.74) is 2.00. The van der Waals surface area contributed by atoms with Crippen LogP contribution in [0.2, 0.25) is 0 Å². The molecule has 0 aliphatic heterocycles. The molecule has 100 valence electrons. The fraction of sp³-hybridized carbons (Fsp3) is 0.615.